The number of aromatic nitrogens is 1. The minimum Gasteiger partial charge on any atom is -0.493 e. The Morgan fingerprint density at radius 3 is 2.79 bits per heavy atom. The average Bonchev–Trinajstić information content (AvgIpc) is 2.82. The molecule has 4 N–H and O–H groups in total. The zero-order chi connectivity index (χ0) is 23.4. The van der Waals surface area contributed by atoms with Gasteiger partial charge in [0.05, 0.1) is 17.8 Å². The van der Waals surface area contributed by atoms with Crippen LogP contribution in [0.2, 0.25) is 0 Å². The zero-order valence-corrected chi connectivity index (χ0v) is 18.6. The molecule has 1 aromatic heterocycles. The summed E-state index contributed by atoms with van der Waals surface area (Å²) in [6.45, 7) is 4.33. The van der Waals surface area contributed by atoms with Crippen molar-refractivity contribution in [1.29, 1.82) is 0 Å². The summed E-state index contributed by atoms with van der Waals surface area (Å²) in [6, 6.07) is 9.69. The second-order valence-electron chi connectivity index (χ2n) is 8.24. The van der Waals surface area contributed by atoms with E-state index in [4.69, 9.17) is 15.2 Å². The van der Waals surface area contributed by atoms with E-state index in [1.54, 1.807) is 30.3 Å². The normalized spacial score (nSPS) is 14.4. The highest BCUT2D eigenvalue weighted by molar-refractivity contribution is 6.08. The molecule has 1 saturated heterocycles. The molecule has 2 heterocycles. The van der Waals surface area contributed by atoms with Crippen LogP contribution in [0, 0.1) is 11.7 Å². The predicted molar refractivity (Wildman–Crippen MR) is 126 cm³/mol. The van der Waals surface area contributed by atoms with Gasteiger partial charge in [-0.05, 0) is 43.4 Å². The van der Waals surface area contributed by atoms with E-state index in [1.165, 1.54) is 6.07 Å². The molecule has 1 amide bonds. The summed E-state index contributed by atoms with van der Waals surface area (Å²) in [5, 5.41) is 3.15. The van der Waals surface area contributed by atoms with Gasteiger partial charge < -0.3 is 25.5 Å². The molecule has 0 aliphatic carbocycles. The van der Waals surface area contributed by atoms with Crippen LogP contribution in [0.1, 0.15) is 36.5 Å². The number of nitrogens with two attached hydrogens (primary N) is 1. The fourth-order valence-electron chi connectivity index (χ4n) is 4.05. The summed E-state index contributed by atoms with van der Waals surface area (Å²) in [5.41, 5.74) is 6.65. The molecule has 7 nitrogen and oxygen atoms in total. The Hall–Kier alpha value is -3.39. The molecule has 174 valence electrons. The first-order chi connectivity index (χ1) is 16.0. The lowest BCUT2D eigenvalue weighted by atomic mass is 9.99. The number of amides is 1. The van der Waals surface area contributed by atoms with Gasteiger partial charge in [0.2, 0.25) is 0 Å². The van der Waals surface area contributed by atoms with Crippen molar-refractivity contribution in [3.05, 3.63) is 58.1 Å². The van der Waals surface area contributed by atoms with E-state index in [2.05, 4.69) is 10.3 Å². The van der Waals surface area contributed by atoms with E-state index in [0.29, 0.717) is 41.3 Å². The van der Waals surface area contributed by atoms with Crippen LogP contribution in [0.25, 0.3) is 22.0 Å². The Labute approximate surface area is 191 Å². The van der Waals surface area contributed by atoms with Gasteiger partial charge in [-0.15, -0.1) is 0 Å². The third kappa shape index (κ3) is 4.85. The number of hydrogen-bond acceptors (Lipinski definition) is 5. The maximum atomic E-state index is 14.9. The van der Waals surface area contributed by atoms with E-state index >= 15 is 0 Å². The maximum absolute atomic E-state index is 14.9. The molecule has 33 heavy (non-hydrogen) atoms. The standard InChI is InChI=1S/C25H28FN3O4/c1-2-10-28-24(30)21-22(27)18-5-3-4-17(23(18)29-25(21)31)19-13-16(6-7-20(19)26)33-14-15-8-11-32-12-9-15/h3-7,13,15H,2,8-12,14H2,1H3,(H,28,30)(H3,27,29,31). The van der Waals surface area contributed by atoms with Gasteiger partial charge in [0.1, 0.15) is 17.1 Å². The Kier molecular flexibility index (Phi) is 6.93. The predicted octanol–water partition coefficient (Wildman–Crippen LogP) is 3.86. The van der Waals surface area contributed by atoms with E-state index in [0.717, 1.165) is 32.5 Å². The van der Waals surface area contributed by atoms with Gasteiger partial charge in [-0.1, -0.05) is 25.1 Å². The number of fused-ring (bicyclic) bond motifs is 1. The van der Waals surface area contributed by atoms with Crippen molar-refractivity contribution < 1.29 is 18.7 Å². The minimum absolute atomic E-state index is 0.0662. The third-order valence-electron chi connectivity index (χ3n) is 5.91. The van der Waals surface area contributed by atoms with Gasteiger partial charge in [-0.3, -0.25) is 9.59 Å². The number of nitrogen functional groups attached to an aromatic ring is 1. The van der Waals surface area contributed by atoms with Gasteiger partial charge in [0.25, 0.3) is 11.5 Å². The van der Waals surface area contributed by atoms with Gasteiger partial charge >= 0.3 is 0 Å². The molecule has 4 rings (SSSR count). The smallest absolute Gasteiger partial charge is 0.263 e. The first-order valence-corrected chi connectivity index (χ1v) is 11.2. The van der Waals surface area contributed by atoms with Crippen molar-refractivity contribution in [2.75, 3.05) is 32.1 Å². The number of pyridine rings is 1. The molecule has 3 aromatic rings. The number of hydrogen-bond donors (Lipinski definition) is 3. The topological polar surface area (TPSA) is 106 Å². The molecule has 1 fully saturated rings. The molecule has 0 spiro atoms. The fourth-order valence-corrected chi connectivity index (χ4v) is 4.05. The quantitative estimate of drug-likeness (QED) is 0.504. The summed E-state index contributed by atoms with van der Waals surface area (Å²) in [4.78, 5) is 27.9. The van der Waals surface area contributed by atoms with Gasteiger partial charge in [0, 0.05) is 36.3 Å². The molecule has 2 aromatic carbocycles. The number of ether oxygens (including phenoxy) is 2. The highest BCUT2D eigenvalue weighted by Gasteiger charge is 2.20. The van der Waals surface area contributed by atoms with Crippen molar-refractivity contribution in [2.45, 2.75) is 26.2 Å². The molecule has 0 atom stereocenters. The van der Waals surface area contributed by atoms with Crippen molar-refractivity contribution in [2.24, 2.45) is 5.92 Å². The van der Waals surface area contributed by atoms with Crippen molar-refractivity contribution in [1.82, 2.24) is 10.3 Å². The van der Waals surface area contributed by atoms with E-state index < -0.39 is 17.3 Å². The van der Waals surface area contributed by atoms with E-state index in [1.807, 2.05) is 6.92 Å². The first-order valence-electron chi connectivity index (χ1n) is 11.2. The number of aromatic amines is 1. The number of anilines is 1. The number of H-pyrrole nitrogens is 1. The Morgan fingerprint density at radius 2 is 2.03 bits per heavy atom. The number of carbonyl (C=O) groups is 1. The molecular weight excluding hydrogens is 425 g/mol. The molecule has 8 heteroatoms. The lowest BCUT2D eigenvalue weighted by Crippen LogP contribution is -2.31. The second kappa shape index (κ2) is 10.0. The number of para-hydroxylation sites is 1. The van der Waals surface area contributed by atoms with Gasteiger partial charge in [-0.25, -0.2) is 4.39 Å². The fraction of sp³-hybridized carbons (Fsp3) is 0.360. The van der Waals surface area contributed by atoms with Crippen LogP contribution in [0.15, 0.2) is 41.2 Å². The SMILES string of the molecule is CCCNC(=O)c1c(N)c2cccc(-c3cc(OCC4CCOCC4)ccc3F)c2[nH]c1=O. The lowest BCUT2D eigenvalue weighted by molar-refractivity contribution is 0.0497. The Balaban J connectivity index is 1.71. The summed E-state index contributed by atoms with van der Waals surface area (Å²) in [6.07, 6.45) is 2.60. The molecule has 0 saturated carbocycles. The van der Waals surface area contributed by atoms with Crippen molar-refractivity contribution >= 4 is 22.5 Å². The Bertz CT molecular complexity index is 1220. The molecule has 1 aliphatic heterocycles. The van der Waals surface area contributed by atoms with Gasteiger partial charge in [0.15, 0.2) is 0 Å². The number of rotatable bonds is 7. The largest absolute Gasteiger partial charge is 0.493 e. The van der Waals surface area contributed by atoms with Crippen LogP contribution >= 0.6 is 0 Å². The molecule has 0 unspecified atom stereocenters. The summed E-state index contributed by atoms with van der Waals surface area (Å²) >= 11 is 0. The summed E-state index contributed by atoms with van der Waals surface area (Å²) in [7, 11) is 0. The second-order valence-corrected chi connectivity index (χ2v) is 8.24. The van der Waals surface area contributed by atoms with Crippen molar-refractivity contribution in [3.8, 4) is 16.9 Å². The van der Waals surface area contributed by atoms with Crippen LogP contribution in [-0.2, 0) is 4.74 Å². The number of benzene rings is 2. The number of nitrogens with one attached hydrogen (secondary N) is 2. The summed E-state index contributed by atoms with van der Waals surface area (Å²) in [5.74, 6) is -0.0401. The monoisotopic (exact) mass is 453 g/mol. The first kappa shape index (κ1) is 22.8. The highest BCUT2D eigenvalue weighted by atomic mass is 19.1. The molecule has 0 bridgehead atoms. The van der Waals surface area contributed by atoms with Crippen LogP contribution in [0.4, 0.5) is 10.1 Å². The van der Waals surface area contributed by atoms with Crippen LogP contribution in [0.5, 0.6) is 5.75 Å². The molecule has 1 aliphatic rings. The third-order valence-corrected chi connectivity index (χ3v) is 5.91. The van der Waals surface area contributed by atoms with Crippen LogP contribution < -0.4 is 21.3 Å². The number of halogens is 1. The molecular formula is C25H28FN3O4. The lowest BCUT2D eigenvalue weighted by Gasteiger charge is -2.22. The Morgan fingerprint density at radius 1 is 1.24 bits per heavy atom. The summed E-state index contributed by atoms with van der Waals surface area (Å²) < 4.78 is 26.2. The van der Waals surface area contributed by atoms with E-state index in [-0.39, 0.29) is 16.8 Å². The van der Waals surface area contributed by atoms with E-state index in [9.17, 15) is 14.0 Å². The highest BCUT2D eigenvalue weighted by Crippen LogP contribution is 2.34. The minimum atomic E-state index is -0.617. The van der Waals surface area contributed by atoms with Crippen molar-refractivity contribution in [3.63, 3.8) is 0 Å². The molecule has 0 radical (unpaired) electrons. The zero-order valence-electron chi connectivity index (χ0n) is 18.6. The van der Waals surface area contributed by atoms with Crippen LogP contribution in [0.3, 0.4) is 0 Å². The number of carbonyl (C=O) groups excluding carboxylic acids is 1. The van der Waals surface area contributed by atoms with Crippen LogP contribution in [-0.4, -0.2) is 37.3 Å². The average molecular weight is 454 g/mol. The van der Waals surface area contributed by atoms with Gasteiger partial charge in [-0.2, -0.15) is 0 Å². The maximum Gasteiger partial charge on any atom is 0.263 e.